The van der Waals surface area contributed by atoms with Crippen molar-refractivity contribution in [1.82, 2.24) is 10.2 Å². The summed E-state index contributed by atoms with van der Waals surface area (Å²) in [5.41, 5.74) is 1.71. The minimum absolute atomic E-state index is 0.159. The molecule has 0 spiro atoms. The zero-order valence-electron chi connectivity index (χ0n) is 10.0. The van der Waals surface area contributed by atoms with Gasteiger partial charge in [0.1, 0.15) is 5.75 Å². The van der Waals surface area contributed by atoms with E-state index >= 15 is 0 Å². The Labute approximate surface area is 103 Å². The summed E-state index contributed by atoms with van der Waals surface area (Å²) in [6.07, 6.45) is 0. The Morgan fingerprint density at radius 3 is 2.61 bits per heavy atom. The molecule has 18 heavy (non-hydrogen) atoms. The molecule has 94 valence electrons. The summed E-state index contributed by atoms with van der Waals surface area (Å²) in [4.78, 5) is 22.1. The van der Waals surface area contributed by atoms with Crippen molar-refractivity contribution in [2.45, 2.75) is 6.92 Å². The van der Waals surface area contributed by atoms with Crippen LogP contribution in [-0.2, 0) is 4.79 Å². The van der Waals surface area contributed by atoms with E-state index in [1.807, 2.05) is 0 Å². The molecule has 3 N–H and O–H groups in total. The lowest BCUT2D eigenvalue weighted by molar-refractivity contribution is -0.114. The molecule has 1 amide bonds. The van der Waals surface area contributed by atoms with Gasteiger partial charge in [-0.15, -0.1) is 0 Å². The van der Waals surface area contributed by atoms with Crippen molar-refractivity contribution in [2.24, 2.45) is 0 Å². The van der Waals surface area contributed by atoms with Gasteiger partial charge in [-0.3, -0.25) is 19.8 Å². The number of aromatic amines is 2. The molecule has 0 saturated carbocycles. The molecule has 0 bridgehead atoms. The number of rotatable bonds is 3. The fraction of sp³-hybridized carbons (Fsp3) is 0.167. The van der Waals surface area contributed by atoms with Crippen LogP contribution in [-0.4, -0.2) is 23.2 Å². The number of amides is 1. The average molecular weight is 247 g/mol. The van der Waals surface area contributed by atoms with Crippen LogP contribution in [0, 0.1) is 0 Å². The molecule has 0 aliphatic rings. The second-order valence-electron chi connectivity index (χ2n) is 3.77. The van der Waals surface area contributed by atoms with Crippen LogP contribution in [0.2, 0.25) is 0 Å². The Morgan fingerprint density at radius 1 is 1.28 bits per heavy atom. The van der Waals surface area contributed by atoms with Crippen LogP contribution in [0.3, 0.4) is 0 Å². The largest absolute Gasteiger partial charge is 0.496 e. The second kappa shape index (κ2) is 4.79. The highest BCUT2D eigenvalue weighted by Gasteiger charge is 2.09. The monoisotopic (exact) mass is 247 g/mol. The Balaban J connectivity index is 2.48. The summed E-state index contributed by atoms with van der Waals surface area (Å²) in [5, 5.41) is 7.88. The highest BCUT2D eigenvalue weighted by Crippen LogP contribution is 2.30. The summed E-state index contributed by atoms with van der Waals surface area (Å²) in [5.74, 6) is 0.452. The van der Waals surface area contributed by atoms with E-state index in [-0.39, 0.29) is 11.5 Å². The fourth-order valence-corrected chi connectivity index (χ4v) is 1.68. The zero-order chi connectivity index (χ0) is 13.1. The van der Waals surface area contributed by atoms with Crippen LogP contribution in [0.25, 0.3) is 11.3 Å². The van der Waals surface area contributed by atoms with Gasteiger partial charge in [0.05, 0.1) is 12.8 Å². The predicted molar refractivity (Wildman–Crippen MR) is 67.7 cm³/mol. The van der Waals surface area contributed by atoms with Crippen molar-refractivity contribution in [3.8, 4) is 17.0 Å². The number of ether oxygens (including phenoxy) is 1. The highest BCUT2D eigenvalue weighted by molar-refractivity contribution is 5.90. The number of benzene rings is 1. The minimum Gasteiger partial charge on any atom is -0.496 e. The molecule has 0 radical (unpaired) electrons. The van der Waals surface area contributed by atoms with Crippen LogP contribution in [0.4, 0.5) is 5.69 Å². The molecule has 6 heteroatoms. The number of aromatic nitrogens is 2. The lowest BCUT2D eigenvalue weighted by Crippen LogP contribution is -2.05. The van der Waals surface area contributed by atoms with Crippen molar-refractivity contribution >= 4 is 11.6 Å². The highest BCUT2D eigenvalue weighted by atomic mass is 16.5. The number of methoxy groups -OCH3 is 1. The van der Waals surface area contributed by atoms with Gasteiger partial charge in [0.2, 0.25) is 5.91 Å². The SMILES string of the molecule is COc1ccc(NC(C)=O)cc1-c1cc(=O)[nH][nH]1. The molecule has 0 aliphatic carbocycles. The first kappa shape index (κ1) is 12.0. The van der Waals surface area contributed by atoms with E-state index in [0.29, 0.717) is 22.7 Å². The maximum Gasteiger partial charge on any atom is 0.264 e. The maximum atomic E-state index is 11.1. The normalized spacial score (nSPS) is 10.1. The number of hydrogen-bond acceptors (Lipinski definition) is 3. The van der Waals surface area contributed by atoms with Crippen molar-refractivity contribution in [1.29, 1.82) is 0 Å². The molecule has 0 unspecified atom stereocenters. The van der Waals surface area contributed by atoms with E-state index in [1.165, 1.54) is 13.0 Å². The van der Waals surface area contributed by atoms with Crippen molar-refractivity contribution in [2.75, 3.05) is 12.4 Å². The quantitative estimate of drug-likeness (QED) is 0.764. The van der Waals surface area contributed by atoms with Crippen molar-refractivity contribution in [3.05, 3.63) is 34.6 Å². The Bertz CT molecular complexity index is 627. The van der Waals surface area contributed by atoms with Crippen LogP contribution in [0.5, 0.6) is 5.75 Å². The molecule has 0 fully saturated rings. The topological polar surface area (TPSA) is 87.0 Å². The van der Waals surface area contributed by atoms with Crippen LogP contribution >= 0.6 is 0 Å². The summed E-state index contributed by atoms with van der Waals surface area (Å²) in [6, 6.07) is 6.62. The number of hydrogen-bond donors (Lipinski definition) is 3. The molecule has 2 rings (SSSR count). The number of carbonyl (C=O) groups is 1. The maximum absolute atomic E-state index is 11.1. The molecule has 0 aliphatic heterocycles. The first-order chi connectivity index (χ1) is 8.60. The van der Waals surface area contributed by atoms with E-state index < -0.39 is 0 Å². The van der Waals surface area contributed by atoms with E-state index in [0.717, 1.165) is 0 Å². The van der Waals surface area contributed by atoms with Gasteiger partial charge in [-0.1, -0.05) is 0 Å². The van der Waals surface area contributed by atoms with Crippen LogP contribution in [0.15, 0.2) is 29.1 Å². The Kier molecular flexibility index (Phi) is 3.18. The third-order valence-corrected chi connectivity index (χ3v) is 2.41. The summed E-state index contributed by atoms with van der Waals surface area (Å²) >= 11 is 0. The molecular weight excluding hydrogens is 234 g/mol. The third-order valence-electron chi connectivity index (χ3n) is 2.41. The van der Waals surface area contributed by atoms with Gasteiger partial charge >= 0.3 is 0 Å². The van der Waals surface area contributed by atoms with Gasteiger partial charge in [-0.2, -0.15) is 0 Å². The van der Waals surface area contributed by atoms with E-state index in [9.17, 15) is 9.59 Å². The molecule has 0 atom stereocenters. The van der Waals surface area contributed by atoms with Crippen molar-refractivity contribution in [3.63, 3.8) is 0 Å². The van der Waals surface area contributed by atoms with Crippen molar-refractivity contribution < 1.29 is 9.53 Å². The molecule has 1 heterocycles. The number of nitrogens with one attached hydrogen (secondary N) is 3. The van der Waals surface area contributed by atoms with Gasteiger partial charge in [-0.05, 0) is 18.2 Å². The molecular formula is C12H13N3O3. The van der Waals surface area contributed by atoms with Crippen LogP contribution < -0.4 is 15.6 Å². The standard InChI is InChI=1S/C12H13N3O3/c1-7(16)13-8-3-4-11(18-2)9(5-8)10-6-12(17)15-14-10/h3-6H,1-2H3,(H,13,16)(H2,14,15,17). The number of carbonyl (C=O) groups excluding carboxylic acids is 1. The molecule has 1 aromatic carbocycles. The lowest BCUT2D eigenvalue weighted by atomic mass is 10.1. The Morgan fingerprint density at radius 2 is 2.06 bits per heavy atom. The smallest absolute Gasteiger partial charge is 0.264 e. The van der Waals surface area contributed by atoms with Gasteiger partial charge in [0.15, 0.2) is 0 Å². The summed E-state index contributed by atoms with van der Waals surface area (Å²) in [7, 11) is 1.54. The first-order valence-corrected chi connectivity index (χ1v) is 5.34. The molecule has 0 saturated heterocycles. The molecule has 6 nitrogen and oxygen atoms in total. The second-order valence-corrected chi connectivity index (χ2v) is 3.77. The van der Waals surface area contributed by atoms with E-state index in [2.05, 4.69) is 15.5 Å². The molecule has 2 aromatic rings. The third kappa shape index (κ3) is 2.42. The van der Waals surface area contributed by atoms with E-state index in [1.54, 1.807) is 25.3 Å². The first-order valence-electron chi connectivity index (χ1n) is 5.34. The average Bonchev–Trinajstić information content (AvgIpc) is 2.75. The minimum atomic E-state index is -0.225. The lowest BCUT2D eigenvalue weighted by Gasteiger charge is -2.09. The number of H-pyrrole nitrogens is 2. The zero-order valence-corrected chi connectivity index (χ0v) is 10.0. The van der Waals surface area contributed by atoms with E-state index in [4.69, 9.17) is 4.74 Å². The van der Waals surface area contributed by atoms with Gasteiger partial charge in [0, 0.05) is 24.2 Å². The Hall–Kier alpha value is -2.50. The molecule has 1 aromatic heterocycles. The van der Waals surface area contributed by atoms with Gasteiger partial charge < -0.3 is 10.1 Å². The van der Waals surface area contributed by atoms with Gasteiger partial charge in [0.25, 0.3) is 5.56 Å². The van der Waals surface area contributed by atoms with Gasteiger partial charge in [-0.25, -0.2) is 0 Å². The number of anilines is 1. The van der Waals surface area contributed by atoms with Crippen LogP contribution in [0.1, 0.15) is 6.92 Å². The summed E-state index contributed by atoms with van der Waals surface area (Å²) in [6.45, 7) is 1.43. The predicted octanol–water partition coefficient (Wildman–Crippen LogP) is 1.34. The fourth-order valence-electron chi connectivity index (χ4n) is 1.68. The summed E-state index contributed by atoms with van der Waals surface area (Å²) < 4.78 is 5.22.